The molecule has 1 unspecified atom stereocenters. The first-order chi connectivity index (χ1) is 21.4. The van der Waals surface area contributed by atoms with Gasteiger partial charge in [-0.15, -0.1) is 10.2 Å². The third kappa shape index (κ3) is 7.15. The molecule has 11 nitrogen and oxygen atoms in total. The molecule has 1 atom stereocenters. The summed E-state index contributed by atoms with van der Waals surface area (Å²) in [7, 11) is 1.84. The van der Waals surface area contributed by atoms with E-state index in [4.69, 9.17) is 16.1 Å². The maximum absolute atomic E-state index is 13.7. The van der Waals surface area contributed by atoms with Crippen LogP contribution in [0, 0.1) is 12.3 Å². The van der Waals surface area contributed by atoms with Crippen molar-refractivity contribution in [1.29, 1.82) is 0 Å². The minimum atomic E-state index is -1.02. The van der Waals surface area contributed by atoms with Gasteiger partial charge in [-0.2, -0.15) is 0 Å². The summed E-state index contributed by atoms with van der Waals surface area (Å²) in [5.41, 5.74) is 3.90. The van der Waals surface area contributed by atoms with Crippen molar-refractivity contribution in [2.24, 2.45) is 12.5 Å². The predicted octanol–water partition coefficient (Wildman–Crippen LogP) is 5.70. The quantitative estimate of drug-likeness (QED) is 0.198. The van der Waals surface area contributed by atoms with Gasteiger partial charge in [0.15, 0.2) is 11.6 Å². The van der Waals surface area contributed by atoms with Crippen molar-refractivity contribution in [2.45, 2.75) is 40.2 Å². The number of hydrogen-bond acceptors (Lipinski definition) is 8. The Hall–Kier alpha value is -5.16. The Morgan fingerprint density at radius 2 is 1.71 bits per heavy atom. The van der Waals surface area contributed by atoms with Gasteiger partial charge in [-0.05, 0) is 72.1 Å². The van der Waals surface area contributed by atoms with Gasteiger partial charge in [0.2, 0.25) is 5.91 Å². The SMILES string of the molecule is Cc1nocc1C(=O)NC(Cc1cc(-c2ccnc(C(=O)C(C)(C)C)c2)ccc1Cl)C(=O)Nc1ccc(-c2nncn2C)cc1. The molecule has 2 N–H and O–H groups in total. The first kappa shape index (κ1) is 31.3. The number of Topliss-reactive ketones (excluding diaryl/α,β-unsaturated/α-hetero) is 1. The monoisotopic (exact) mass is 625 g/mol. The molecule has 0 radical (unpaired) electrons. The van der Waals surface area contributed by atoms with Gasteiger partial charge < -0.3 is 19.7 Å². The fourth-order valence-corrected chi connectivity index (χ4v) is 4.88. The number of amides is 2. The van der Waals surface area contributed by atoms with Crippen LogP contribution >= 0.6 is 11.6 Å². The number of rotatable bonds is 9. The number of pyridine rings is 1. The number of aromatic nitrogens is 5. The van der Waals surface area contributed by atoms with E-state index in [0.29, 0.717) is 33.5 Å². The Balaban J connectivity index is 1.42. The lowest BCUT2D eigenvalue weighted by atomic mass is 9.88. The molecular weight excluding hydrogens is 594 g/mol. The van der Waals surface area contributed by atoms with Crippen LogP contribution in [0.3, 0.4) is 0 Å². The van der Waals surface area contributed by atoms with E-state index in [1.165, 1.54) is 6.26 Å². The second kappa shape index (κ2) is 12.8. The van der Waals surface area contributed by atoms with Crippen molar-refractivity contribution >= 4 is 34.9 Å². The van der Waals surface area contributed by atoms with Crippen molar-refractivity contribution in [1.82, 2.24) is 30.2 Å². The van der Waals surface area contributed by atoms with Crippen LogP contribution < -0.4 is 10.6 Å². The largest absolute Gasteiger partial charge is 0.364 e. The number of nitrogens with zero attached hydrogens (tertiary/aromatic N) is 5. The molecule has 5 rings (SSSR count). The second-order valence-corrected chi connectivity index (χ2v) is 12.1. The maximum Gasteiger partial charge on any atom is 0.257 e. The van der Waals surface area contributed by atoms with Gasteiger partial charge in [-0.1, -0.05) is 43.6 Å². The molecule has 0 saturated carbocycles. The van der Waals surface area contributed by atoms with Crippen molar-refractivity contribution in [3.05, 3.63) is 101 Å². The Kier molecular flexibility index (Phi) is 8.92. The smallest absolute Gasteiger partial charge is 0.257 e. The van der Waals surface area contributed by atoms with Crippen LogP contribution in [0.4, 0.5) is 5.69 Å². The lowest BCUT2D eigenvalue weighted by Gasteiger charge is -2.20. The third-order valence-corrected chi connectivity index (χ3v) is 7.58. The Morgan fingerprint density at radius 3 is 2.36 bits per heavy atom. The van der Waals surface area contributed by atoms with Gasteiger partial charge >= 0.3 is 0 Å². The van der Waals surface area contributed by atoms with Gasteiger partial charge in [0.1, 0.15) is 29.9 Å². The van der Waals surface area contributed by atoms with E-state index in [2.05, 4.69) is 31.0 Å². The van der Waals surface area contributed by atoms with Crippen LogP contribution in [0.15, 0.2) is 77.9 Å². The van der Waals surface area contributed by atoms with Crippen LogP contribution in [0.5, 0.6) is 0 Å². The molecule has 0 aliphatic rings. The number of halogens is 1. The van der Waals surface area contributed by atoms with Crippen LogP contribution in [0.25, 0.3) is 22.5 Å². The molecule has 3 heterocycles. The fourth-order valence-electron chi connectivity index (χ4n) is 4.68. The number of anilines is 1. The summed E-state index contributed by atoms with van der Waals surface area (Å²) in [6, 6.07) is 15.1. The van der Waals surface area contributed by atoms with Crippen LogP contribution in [-0.4, -0.2) is 48.5 Å². The molecule has 3 aromatic heterocycles. The molecule has 0 saturated heterocycles. The topological polar surface area (TPSA) is 145 Å². The second-order valence-electron chi connectivity index (χ2n) is 11.7. The number of ketones is 1. The van der Waals surface area contributed by atoms with Crippen LogP contribution in [-0.2, 0) is 18.3 Å². The fraction of sp³-hybridized carbons (Fsp3) is 0.242. The van der Waals surface area contributed by atoms with E-state index in [1.54, 1.807) is 54.3 Å². The number of hydrogen-bond donors (Lipinski definition) is 2. The number of benzene rings is 2. The Morgan fingerprint density at radius 1 is 1.00 bits per heavy atom. The summed E-state index contributed by atoms with van der Waals surface area (Å²) in [5, 5.41) is 17.9. The minimum absolute atomic E-state index is 0.0739. The molecule has 5 aromatic rings. The highest BCUT2D eigenvalue weighted by Gasteiger charge is 2.26. The van der Waals surface area contributed by atoms with Gasteiger partial charge in [0.05, 0.1) is 5.69 Å². The highest BCUT2D eigenvalue weighted by Crippen LogP contribution is 2.29. The Labute approximate surface area is 265 Å². The average Bonchev–Trinajstić information content (AvgIpc) is 3.65. The normalized spacial score (nSPS) is 12.0. The third-order valence-electron chi connectivity index (χ3n) is 7.22. The van der Waals surface area contributed by atoms with E-state index < -0.39 is 23.3 Å². The minimum Gasteiger partial charge on any atom is -0.364 e. The summed E-state index contributed by atoms with van der Waals surface area (Å²) in [6.07, 6.45) is 4.51. The zero-order chi connectivity index (χ0) is 32.3. The molecule has 45 heavy (non-hydrogen) atoms. The molecule has 0 spiro atoms. The lowest BCUT2D eigenvalue weighted by Crippen LogP contribution is -2.45. The van der Waals surface area contributed by atoms with Gasteiger partial charge in [0.25, 0.3) is 5.91 Å². The molecule has 2 aromatic carbocycles. The number of carbonyl (C=O) groups excluding carboxylic acids is 3. The highest BCUT2D eigenvalue weighted by atomic mass is 35.5. The number of nitrogens with one attached hydrogen (secondary N) is 2. The molecule has 0 aliphatic carbocycles. The number of carbonyl (C=O) groups is 3. The summed E-state index contributed by atoms with van der Waals surface area (Å²) in [4.78, 5) is 44.0. The van der Waals surface area contributed by atoms with Crippen LogP contribution in [0.2, 0.25) is 5.02 Å². The summed E-state index contributed by atoms with van der Waals surface area (Å²) in [5.74, 6) is -0.363. The first-order valence-corrected chi connectivity index (χ1v) is 14.6. The molecular formula is C33H32ClN7O4. The van der Waals surface area contributed by atoms with E-state index >= 15 is 0 Å². The zero-order valence-electron chi connectivity index (χ0n) is 25.5. The summed E-state index contributed by atoms with van der Waals surface area (Å²) < 4.78 is 6.72. The van der Waals surface area contributed by atoms with Crippen molar-refractivity contribution in [3.8, 4) is 22.5 Å². The Bertz CT molecular complexity index is 1870. The molecule has 0 fully saturated rings. The molecule has 2 amide bonds. The van der Waals surface area contributed by atoms with Crippen LogP contribution in [0.1, 0.15) is 52.9 Å². The van der Waals surface area contributed by atoms with E-state index in [-0.39, 0.29) is 17.8 Å². The highest BCUT2D eigenvalue weighted by molar-refractivity contribution is 6.31. The van der Waals surface area contributed by atoms with E-state index in [1.807, 2.05) is 52.1 Å². The van der Waals surface area contributed by atoms with Crippen molar-refractivity contribution < 1.29 is 18.9 Å². The number of aryl methyl sites for hydroxylation is 2. The summed E-state index contributed by atoms with van der Waals surface area (Å²) >= 11 is 6.63. The maximum atomic E-state index is 13.7. The first-order valence-electron chi connectivity index (χ1n) is 14.2. The standard InChI is InChI=1S/C33H32ClN7O4/c1-19-25(17-45-40-19)31(43)38-28(32(44)37-24-9-6-20(7-10-24)30-39-36-18-41(30)5)16-23-14-21(8-11-26(23)34)22-12-13-35-27(15-22)29(42)33(2,3)4/h6-15,17-18,28H,16H2,1-5H3,(H,37,44)(H,38,43). The van der Waals surface area contributed by atoms with Crippen molar-refractivity contribution in [3.63, 3.8) is 0 Å². The van der Waals surface area contributed by atoms with Gasteiger partial charge in [0, 0.05) is 41.4 Å². The molecule has 12 heteroatoms. The molecule has 0 bridgehead atoms. The lowest BCUT2D eigenvalue weighted by molar-refractivity contribution is -0.118. The van der Waals surface area contributed by atoms with Crippen molar-refractivity contribution in [2.75, 3.05) is 5.32 Å². The van der Waals surface area contributed by atoms with E-state index in [9.17, 15) is 14.4 Å². The molecule has 230 valence electrons. The summed E-state index contributed by atoms with van der Waals surface area (Å²) in [6.45, 7) is 7.17. The molecule has 0 aliphatic heterocycles. The van der Waals surface area contributed by atoms with E-state index in [0.717, 1.165) is 16.7 Å². The van der Waals surface area contributed by atoms with Gasteiger partial charge in [-0.3, -0.25) is 19.4 Å². The van der Waals surface area contributed by atoms with Gasteiger partial charge in [-0.25, -0.2) is 0 Å². The zero-order valence-corrected chi connectivity index (χ0v) is 26.2. The predicted molar refractivity (Wildman–Crippen MR) is 170 cm³/mol. The average molecular weight is 626 g/mol.